The van der Waals surface area contributed by atoms with Crippen molar-refractivity contribution in [2.45, 2.75) is 64.9 Å². The molecule has 0 N–H and O–H groups in total. The van der Waals surface area contributed by atoms with Gasteiger partial charge in [0.25, 0.3) is 0 Å². The highest BCUT2D eigenvalue weighted by Gasteiger charge is 2.33. The minimum atomic E-state index is -0.819. The van der Waals surface area contributed by atoms with Gasteiger partial charge in [0, 0.05) is 75.2 Å². The van der Waals surface area contributed by atoms with Crippen LogP contribution in [0.25, 0.3) is 52.2 Å². The lowest BCUT2D eigenvalue weighted by Crippen LogP contribution is -2.35. The molecule has 18 nitrogen and oxygen atoms in total. The molecule has 2 unspecified atom stereocenters. The number of benzene rings is 2. The van der Waals surface area contributed by atoms with Crippen LogP contribution in [0.3, 0.4) is 0 Å². The highest BCUT2D eigenvalue weighted by molar-refractivity contribution is 7.24. The molecule has 0 spiro atoms. The number of nitrogens with zero attached hydrogens (tertiary/aromatic N) is 10. The molecule has 10 heterocycles. The quantitative estimate of drug-likeness (QED) is 0.0827. The Labute approximate surface area is 455 Å². The summed E-state index contributed by atoms with van der Waals surface area (Å²) in [5.74, 6) is -2.34. The lowest BCUT2D eigenvalue weighted by atomic mass is 10.1. The van der Waals surface area contributed by atoms with Gasteiger partial charge in [0.15, 0.2) is 33.9 Å². The molecule has 10 aromatic rings. The highest BCUT2D eigenvalue weighted by Crippen LogP contribution is 2.36. The van der Waals surface area contributed by atoms with E-state index in [0.717, 1.165) is 57.3 Å². The van der Waals surface area contributed by atoms with Gasteiger partial charge in [0.1, 0.15) is 26.4 Å². The number of thiazole rings is 2. The standard InChI is InChI=1S/C25H20FN5O3S.C17H10ClFN2O3S.C13H19N3O2/c1-2-34-25(33)20-21(32)15-11-16(26)23(30-10-7-14(13-30)17-12-27-8-9-28-17)29-22(15)31-18-5-3-4-6-19(18)35-24(20)31;1-2-24-17(23)12-13(22)8-7-9(19)14(18)20-15(8)21-10-5-3-4-6-11(10)25-16(12)21;1-13(2,3)18-12(17)16-7-4-10(9-16)11-8-14-5-6-15-11/h3-6,8-9,11-12,14H,2,7,10,13H2,1H3;3-7H,2H2,1H3;5-6,8,10H,4,7,9H2,1-3H3. The van der Waals surface area contributed by atoms with Crippen molar-refractivity contribution >= 4 is 110 Å². The van der Waals surface area contributed by atoms with Gasteiger partial charge in [-0.05, 0) is 83.9 Å². The van der Waals surface area contributed by atoms with Crippen molar-refractivity contribution in [3.8, 4) is 0 Å². The summed E-state index contributed by atoms with van der Waals surface area (Å²) in [4.78, 5) is 93.4. The fraction of sp³-hybridized carbons (Fsp3) is 0.291. The Morgan fingerprint density at radius 1 is 0.692 bits per heavy atom. The average Bonchev–Trinajstić information content (AvgIpc) is 4.25. The van der Waals surface area contributed by atoms with Gasteiger partial charge < -0.3 is 24.0 Å². The molecular weight excluding hydrogens is 1070 g/mol. The third-order valence-corrected chi connectivity index (χ3v) is 15.5. The van der Waals surface area contributed by atoms with Crippen LogP contribution in [0.1, 0.15) is 91.4 Å². The van der Waals surface area contributed by atoms with Gasteiger partial charge >= 0.3 is 18.0 Å². The Bertz CT molecular complexity index is 4080. The summed E-state index contributed by atoms with van der Waals surface area (Å²) >= 11 is 8.40. The molecule has 0 saturated carbocycles. The first kappa shape index (κ1) is 53.3. The molecule has 1 amide bonds. The van der Waals surface area contributed by atoms with Gasteiger partial charge in [-0.2, -0.15) is 0 Å². The SMILES string of the molecule is CC(C)(C)OC(=O)N1CCC(c2cnccn2)C1.CCOC(=O)c1c(=O)c2cc(F)c(Cl)nc2n2c1sc1ccccc12.CCOC(=O)c1c(=O)c2cc(F)c(N3CCC(c4cnccn4)C3)nc2n2c1sc1ccccc12. The van der Waals surface area contributed by atoms with Gasteiger partial charge in [-0.25, -0.2) is 33.1 Å². The summed E-state index contributed by atoms with van der Waals surface area (Å²) in [5, 5.41) is -0.314. The van der Waals surface area contributed by atoms with E-state index in [2.05, 4.69) is 29.9 Å². The summed E-state index contributed by atoms with van der Waals surface area (Å²) < 4.78 is 50.0. The summed E-state index contributed by atoms with van der Waals surface area (Å²) in [5.41, 5.74) is 1.98. The molecule has 78 heavy (non-hydrogen) atoms. The molecule has 8 aromatic heterocycles. The van der Waals surface area contributed by atoms with E-state index in [1.54, 1.807) is 64.7 Å². The van der Waals surface area contributed by atoms with E-state index in [0.29, 0.717) is 34.9 Å². The van der Waals surface area contributed by atoms with Crippen LogP contribution in [0, 0.1) is 11.6 Å². The van der Waals surface area contributed by atoms with Gasteiger partial charge in [0.2, 0.25) is 10.9 Å². The van der Waals surface area contributed by atoms with Crippen LogP contribution < -0.4 is 15.8 Å². The number of halogens is 3. The second-order valence-corrected chi connectivity index (χ2v) is 21.6. The predicted molar refractivity (Wildman–Crippen MR) is 294 cm³/mol. The number of aromatic nitrogens is 8. The minimum Gasteiger partial charge on any atom is -0.462 e. The molecule has 0 radical (unpaired) electrons. The first-order chi connectivity index (χ1) is 37.5. The first-order valence-electron chi connectivity index (χ1n) is 24.9. The van der Waals surface area contributed by atoms with Crippen LogP contribution in [0.4, 0.5) is 19.4 Å². The normalized spacial score (nSPS) is 15.4. The lowest BCUT2D eigenvalue weighted by molar-refractivity contribution is 0.0291. The number of para-hydroxylation sites is 2. The van der Waals surface area contributed by atoms with E-state index in [9.17, 15) is 28.4 Å². The highest BCUT2D eigenvalue weighted by atomic mass is 35.5. The number of carbonyl (C=O) groups excluding carboxylic acids is 3. The van der Waals surface area contributed by atoms with Gasteiger partial charge in [-0.15, -0.1) is 22.7 Å². The number of fused-ring (bicyclic) bond motifs is 10. The van der Waals surface area contributed by atoms with Crippen molar-refractivity contribution in [3.63, 3.8) is 0 Å². The van der Waals surface area contributed by atoms with Crippen LogP contribution in [0.5, 0.6) is 0 Å². The molecule has 12 rings (SSSR count). The molecule has 0 aliphatic carbocycles. The number of ether oxygens (including phenoxy) is 3. The number of hydrogen-bond donors (Lipinski definition) is 0. The van der Waals surface area contributed by atoms with Crippen LogP contribution in [0.15, 0.2) is 107 Å². The van der Waals surface area contributed by atoms with Crippen molar-refractivity contribution in [2.75, 3.05) is 44.3 Å². The van der Waals surface area contributed by atoms with Gasteiger partial charge in [-0.1, -0.05) is 35.9 Å². The van der Waals surface area contributed by atoms with Crippen LogP contribution >= 0.6 is 34.3 Å². The number of esters is 2. The smallest absolute Gasteiger partial charge is 0.410 e. The maximum Gasteiger partial charge on any atom is 0.410 e. The van der Waals surface area contributed by atoms with E-state index in [1.807, 2.05) is 74.2 Å². The fourth-order valence-corrected chi connectivity index (χ4v) is 12.0. The van der Waals surface area contributed by atoms with E-state index >= 15 is 4.39 Å². The summed E-state index contributed by atoms with van der Waals surface area (Å²) in [6.07, 6.45) is 11.6. The number of likely N-dealkylation sites (tertiary alicyclic amines) is 1. The second kappa shape index (κ2) is 22.1. The van der Waals surface area contributed by atoms with Crippen molar-refractivity contribution in [1.82, 2.24) is 43.6 Å². The molecule has 2 aliphatic heterocycles. The van der Waals surface area contributed by atoms with Crippen molar-refractivity contribution < 1.29 is 37.4 Å². The number of rotatable bonds is 7. The van der Waals surface area contributed by atoms with E-state index in [4.69, 9.17) is 25.8 Å². The molecule has 0 bridgehead atoms. The molecule has 2 aromatic carbocycles. The topological polar surface area (TPSA) is 206 Å². The van der Waals surface area contributed by atoms with Crippen LogP contribution in [-0.2, 0) is 14.2 Å². The summed E-state index contributed by atoms with van der Waals surface area (Å²) in [6, 6.07) is 17.1. The summed E-state index contributed by atoms with van der Waals surface area (Å²) in [7, 11) is 0. The first-order valence-corrected chi connectivity index (χ1v) is 26.9. The van der Waals surface area contributed by atoms with E-state index in [-0.39, 0.29) is 69.7 Å². The van der Waals surface area contributed by atoms with Gasteiger partial charge in [0.05, 0.1) is 55.8 Å². The molecule has 2 saturated heterocycles. The third kappa shape index (κ3) is 10.4. The minimum absolute atomic E-state index is 0.0222. The van der Waals surface area contributed by atoms with Crippen LogP contribution in [-0.4, -0.2) is 107 Å². The van der Waals surface area contributed by atoms with Crippen molar-refractivity contribution in [3.05, 3.63) is 158 Å². The van der Waals surface area contributed by atoms with E-state index in [1.165, 1.54) is 28.7 Å². The zero-order valence-electron chi connectivity index (χ0n) is 42.7. The number of anilines is 1. The Morgan fingerprint density at radius 3 is 1.71 bits per heavy atom. The van der Waals surface area contributed by atoms with Gasteiger partial charge in [-0.3, -0.25) is 38.3 Å². The Kier molecular flexibility index (Phi) is 15.1. The predicted octanol–water partition coefficient (Wildman–Crippen LogP) is 10.4. The second-order valence-electron chi connectivity index (χ2n) is 19.2. The van der Waals surface area contributed by atoms with E-state index < -0.39 is 40.0 Å². The maximum absolute atomic E-state index is 15.4. The molecule has 400 valence electrons. The number of pyridine rings is 4. The molecule has 2 fully saturated rings. The lowest BCUT2D eigenvalue weighted by Gasteiger charge is -2.24. The number of hydrogen-bond acceptors (Lipinski definition) is 17. The summed E-state index contributed by atoms with van der Waals surface area (Å²) in [6.45, 7) is 11.7. The molecular formula is C55H49ClF2N10O8S2. The van der Waals surface area contributed by atoms with Crippen LogP contribution in [0.2, 0.25) is 5.15 Å². The fourth-order valence-electron chi connectivity index (χ4n) is 9.51. The zero-order valence-corrected chi connectivity index (χ0v) is 45.1. The number of amides is 1. The van der Waals surface area contributed by atoms with Crippen molar-refractivity contribution in [1.29, 1.82) is 0 Å². The third-order valence-electron chi connectivity index (χ3n) is 13.0. The molecule has 2 atom stereocenters. The molecule has 2 aliphatic rings. The molecule has 23 heteroatoms. The van der Waals surface area contributed by atoms with Crippen molar-refractivity contribution in [2.24, 2.45) is 0 Å². The number of carbonyl (C=O) groups is 3. The maximum atomic E-state index is 15.4. The average molecular weight is 1120 g/mol. The Balaban J connectivity index is 0.000000140. The Hall–Kier alpha value is -8.08. The monoisotopic (exact) mass is 1110 g/mol. The Morgan fingerprint density at radius 2 is 1.19 bits per heavy atom. The largest absolute Gasteiger partial charge is 0.462 e. The zero-order chi connectivity index (χ0) is 55.0.